The van der Waals surface area contributed by atoms with Crippen molar-refractivity contribution in [2.24, 2.45) is 0 Å². The van der Waals surface area contributed by atoms with Gasteiger partial charge in [0.25, 0.3) is 0 Å². The number of benzene rings is 1. The summed E-state index contributed by atoms with van der Waals surface area (Å²) in [6.45, 7) is 2.11. The van der Waals surface area contributed by atoms with Crippen LogP contribution in [0.4, 0.5) is 14.5 Å². The van der Waals surface area contributed by atoms with E-state index in [2.05, 4.69) is 0 Å². The molecule has 0 aromatic heterocycles. The van der Waals surface area contributed by atoms with Crippen LogP contribution in [0.5, 0.6) is 0 Å². The number of esters is 1. The van der Waals surface area contributed by atoms with Crippen molar-refractivity contribution in [2.75, 3.05) is 26.4 Å². The molecular formula is C12H16F2N2O2. The van der Waals surface area contributed by atoms with Crippen LogP contribution in [0, 0.1) is 11.6 Å². The van der Waals surface area contributed by atoms with Crippen molar-refractivity contribution < 1.29 is 18.3 Å². The van der Waals surface area contributed by atoms with Crippen molar-refractivity contribution in [1.29, 1.82) is 0 Å². The molecule has 0 aliphatic heterocycles. The monoisotopic (exact) mass is 258 g/mol. The first-order valence-corrected chi connectivity index (χ1v) is 5.41. The highest BCUT2D eigenvalue weighted by molar-refractivity contribution is 5.90. The summed E-state index contributed by atoms with van der Waals surface area (Å²) in [4.78, 5) is 13.4. The second-order valence-corrected chi connectivity index (χ2v) is 4.34. The van der Waals surface area contributed by atoms with Crippen molar-refractivity contribution in [3.8, 4) is 0 Å². The maximum absolute atomic E-state index is 13.4. The summed E-state index contributed by atoms with van der Waals surface area (Å²) in [5, 5.41) is 0. The number of hydrogen-bond donors (Lipinski definition) is 1. The van der Waals surface area contributed by atoms with Gasteiger partial charge in [0.1, 0.15) is 23.3 Å². The molecule has 1 rings (SSSR count). The molecular weight excluding hydrogens is 242 g/mol. The van der Waals surface area contributed by atoms with Crippen LogP contribution in [-0.4, -0.2) is 37.6 Å². The summed E-state index contributed by atoms with van der Waals surface area (Å²) in [6.07, 6.45) is -0.469. The van der Waals surface area contributed by atoms with E-state index in [0.29, 0.717) is 6.54 Å². The first kappa shape index (κ1) is 14.4. The number of likely N-dealkylation sites (N-methyl/N-ethyl adjacent to an activating group) is 1. The van der Waals surface area contributed by atoms with Crippen LogP contribution >= 0.6 is 0 Å². The Bertz CT molecular complexity index is 427. The summed E-state index contributed by atoms with van der Waals surface area (Å²) in [7, 11) is 3.60. The van der Waals surface area contributed by atoms with E-state index in [-0.39, 0.29) is 5.69 Å². The van der Waals surface area contributed by atoms with Gasteiger partial charge in [0.15, 0.2) is 0 Å². The van der Waals surface area contributed by atoms with Gasteiger partial charge in [-0.15, -0.1) is 0 Å². The molecule has 0 amide bonds. The fourth-order valence-electron chi connectivity index (χ4n) is 1.58. The Labute approximate surface area is 104 Å². The van der Waals surface area contributed by atoms with Crippen molar-refractivity contribution in [3.05, 3.63) is 29.3 Å². The van der Waals surface area contributed by atoms with Gasteiger partial charge < -0.3 is 15.4 Å². The number of rotatable bonds is 4. The Morgan fingerprint density at radius 3 is 2.33 bits per heavy atom. The molecule has 0 saturated carbocycles. The SMILES string of the molecule is CC(CN(C)C)OC(=O)c1c(F)cc(N)cc1F. The molecule has 0 heterocycles. The maximum Gasteiger partial charge on any atom is 0.344 e. The molecule has 1 aromatic carbocycles. The van der Waals surface area contributed by atoms with Gasteiger partial charge in [0.2, 0.25) is 0 Å². The topological polar surface area (TPSA) is 55.6 Å². The Morgan fingerprint density at radius 2 is 1.89 bits per heavy atom. The third kappa shape index (κ3) is 3.66. The second kappa shape index (κ2) is 5.77. The summed E-state index contributed by atoms with van der Waals surface area (Å²) < 4.78 is 31.8. The zero-order valence-electron chi connectivity index (χ0n) is 10.5. The molecule has 0 spiro atoms. The fraction of sp³-hybridized carbons (Fsp3) is 0.417. The minimum absolute atomic E-state index is 0.0807. The van der Waals surface area contributed by atoms with Gasteiger partial charge in [0.05, 0.1) is 0 Å². The quantitative estimate of drug-likeness (QED) is 0.659. The highest BCUT2D eigenvalue weighted by Gasteiger charge is 2.21. The van der Waals surface area contributed by atoms with Crippen LogP contribution in [0.1, 0.15) is 17.3 Å². The standard InChI is InChI=1S/C12H16F2N2O2/c1-7(6-16(2)3)18-12(17)11-9(13)4-8(15)5-10(11)14/h4-5,7H,6,15H2,1-3H3. The van der Waals surface area contributed by atoms with E-state index in [1.165, 1.54) is 0 Å². The van der Waals surface area contributed by atoms with Crippen molar-refractivity contribution in [3.63, 3.8) is 0 Å². The van der Waals surface area contributed by atoms with Gasteiger partial charge in [-0.25, -0.2) is 13.6 Å². The number of hydrogen-bond acceptors (Lipinski definition) is 4. The lowest BCUT2D eigenvalue weighted by atomic mass is 10.2. The minimum atomic E-state index is -1.03. The van der Waals surface area contributed by atoms with Crippen LogP contribution in [0.2, 0.25) is 0 Å². The molecule has 2 N–H and O–H groups in total. The van der Waals surface area contributed by atoms with Crippen molar-refractivity contribution >= 4 is 11.7 Å². The predicted octanol–water partition coefficient (Wildman–Crippen LogP) is 1.65. The largest absolute Gasteiger partial charge is 0.458 e. The molecule has 0 bridgehead atoms. The first-order valence-electron chi connectivity index (χ1n) is 5.41. The molecule has 0 saturated heterocycles. The molecule has 0 fully saturated rings. The lowest BCUT2D eigenvalue weighted by Crippen LogP contribution is -2.28. The predicted molar refractivity (Wildman–Crippen MR) is 64.2 cm³/mol. The minimum Gasteiger partial charge on any atom is -0.458 e. The van der Waals surface area contributed by atoms with E-state index < -0.39 is 29.3 Å². The smallest absolute Gasteiger partial charge is 0.344 e. The van der Waals surface area contributed by atoms with Gasteiger partial charge in [-0.3, -0.25) is 0 Å². The molecule has 1 unspecified atom stereocenters. The Morgan fingerprint density at radius 1 is 1.39 bits per heavy atom. The average Bonchev–Trinajstić information content (AvgIpc) is 2.12. The number of carbonyl (C=O) groups excluding carboxylic acids is 1. The molecule has 0 aliphatic carbocycles. The third-order valence-corrected chi connectivity index (χ3v) is 2.20. The maximum atomic E-state index is 13.4. The van der Waals surface area contributed by atoms with Gasteiger partial charge in [-0.05, 0) is 33.2 Å². The summed E-state index contributed by atoms with van der Waals surface area (Å²) in [5.74, 6) is -3.07. The molecule has 1 aromatic rings. The van der Waals surface area contributed by atoms with E-state index in [1.807, 2.05) is 0 Å². The summed E-state index contributed by atoms with van der Waals surface area (Å²) >= 11 is 0. The highest BCUT2D eigenvalue weighted by Crippen LogP contribution is 2.18. The van der Waals surface area contributed by atoms with Crippen LogP contribution in [-0.2, 0) is 4.74 Å². The second-order valence-electron chi connectivity index (χ2n) is 4.34. The van der Waals surface area contributed by atoms with Gasteiger partial charge in [0, 0.05) is 12.2 Å². The van der Waals surface area contributed by atoms with Gasteiger partial charge in [-0.2, -0.15) is 0 Å². The number of nitrogens with two attached hydrogens (primary N) is 1. The van der Waals surface area contributed by atoms with Crippen LogP contribution in [0.3, 0.4) is 0 Å². The van der Waals surface area contributed by atoms with Crippen molar-refractivity contribution in [1.82, 2.24) is 4.90 Å². The molecule has 0 radical (unpaired) electrons. The van der Waals surface area contributed by atoms with E-state index >= 15 is 0 Å². The highest BCUT2D eigenvalue weighted by atomic mass is 19.1. The van der Waals surface area contributed by atoms with Gasteiger partial charge in [-0.1, -0.05) is 0 Å². The van der Waals surface area contributed by atoms with E-state index in [4.69, 9.17) is 10.5 Å². The molecule has 100 valence electrons. The number of nitrogen functional groups attached to an aromatic ring is 1. The number of nitrogens with zero attached hydrogens (tertiary/aromatic N) is 1. The van der Waals surface area contributed by atoms with Crippen molar-refractivity contribution in [2.45, 2.75) is 13.0 Å². The molecule has 18 heavy (non-hydrogen) atoms. The molecule has 4 nitrogen and oxygen atoms in total. The van der Waals surface area contributed by atoms with Crippen LogP contribution in [0.15, 0.2) is 12.1 Å². The van der Waals surface area contributed by atoms with E-state index in [0.717, 1.165) is 12.1 Å². The molecule has 1 atom stereocenters. The number of ether oxygens (including phenoxy) is 1. The van der Waals surface area contributed by atoms with E-state index in [1.54, 1.807) is 25.9 Å². The Balaban J connectivity index is 2.85. The summed E-state index contributed by atoms with van der Waals surface area (Å²) in [5.41, 5.74) is 4.46. The first-order chi connectivity index (χ1) is 8.31. The molecule has 6 heteroatoms. The number of anilines is 1. The third-order valence-electron chi connectivity index (χ3n) is 2.20. The van der Waals surface area contributed by atoms with Crippen LogP contribution in [0.25, 0.3) is 0 Å². The fourth-order valence-corrected chi connectivity index (χ4v) is 1.58. The Kier molecular flexibility index (Phi) is 4.61. The molecule has 0 aliphatic rings. The summed E-state index contributed by atoms with van der Waals surface area (Å²) in [6, 6.07) is 1.77. The number of carbonyl (C=O) groups is 1. The van der Waals surface area contributed by atoms with Crippen LogP contribution < -0.4 is 5.73 Å². The number of halogens is 2. The Hall–Kier alpha value is -1.69. The average molecular weight is 258 g/mol. The lowest BCUT2D eigenvalue weighted by molar-refractivity contribution is 0.0278. The van der Waals surface area contributed by atoms with Gasteiger partial charge >= 0.3 is 5.97 Å². The lowest BCUT2D eigenvalue weighted by Gasteiger charge is -2.17. The zero-order valence-corrected chi connectivity index (χ0v) is 10.5. The zero-order chi connectivity index (χ0) is 13.9. The normalized spacial score (nSPS) is 12.6. The van der Waals surface area contributed by atoms with E-state index in [9.17, 15) is 13.6 Å².